The molecule has 0 aliphatic carbocycles. The van der Waals surface area contributed by atoms with Crippen LogP contribution >= 0.6 is 0 Å². The van der Waals surface area contributed by atoms with E-state index in [2.05, 4.69) is 0 Å². The van der Waals surface area contributed by atoms with Gasteiger partial charge in [-0.2, -0.15) is 0 Å². The first-order valence-electron chi connectivity index (χ1n) is 6.84. The predicted octanol–water partition coefficient (Wildman–Crippen LogP) is 0.404. The first kappa shape index (κ1) is 17.2. The molecule has 1 aromatic rings. The van der Waals surface area contributed by atoms with Gasteiger partial charge in [0.1, 0.15) is 0 Å². The fraction of sp³-hybridized carbons (Fsp3) is 0.571. The number of carboxylic acid groups (broad SMARTS) is 1. The SMILES string of the molecule is CCC(CO)n1cc(O)c(=O)cc1CN(C)CCC(=O)O. The summed E-state index contributed by atoms with van der Waals surface area (Å²) in [6.45, 7) is 2.50. The maximum Gasteiger partial charge on any atom is 0.304 e. The van der Waals surface area contributed by atoms with Crippen LogP contribution in [0, 0.1) is 0 Å². The van der Waals surface area contributed by atoms with E-state index in [0.29, 0.717) is 25.2 Å². The topological polar surface area (TPSA) is 103 Å². The molecule has 3 N–H and O–H groups in total. The average Bonchev–Trinajstić information content (AvgIpc) is 2.43. The van der Waals surface area contributed by atoms with Crippen molar-refractivity contribution in [1.29, 1.82) is 0 Å². The van der Waals surface area contributed by atoms with Gasteiger partial charge in [-0.1, -0.05) is 6.92 Å². The number of aromatic hydroxyl groups is 1. The van der Waals surface area contributed by atoms with E-state index >= 15 is 0 Å². The number of aliphatic hydroxyl groups is 1. The number of nitrogens with zero attached hydrogens (tertiary/aromatic N) is 2. The second-order valence-electron chi connectivity index (χ2n) is 5.05. The second-order valence-corrected chi connectivity index (χ2v) is 5.05. The monoisotopic (exact) mass is 298 g/mol. The summed E-state index contributed by atoms with van der Waals surface area (Å²) in [6, 6.07) is 1.09. The molecule has 0 saturated carbocycles. The minimum atomic E-state index is -0.883. The summed E-state index contributed by atoms with van der Waals surface area (Å²) in [6.07, 6.45) is 1.98. The Hall–Kier alpha value is -1.86. The van der Waals surface area contributed by atoms with Crippen LogP contribution in [-0.4, -0.2) is 51.0 Å². The summed E-state index contributed by atoms with van der Waals surface area (Å²) in [5, 5.41) is 27.7. The summed E-state index contributed by atoms with van der Waals surface area (Å²) in [5.41, 5.74) is 0.146. The molecular formula is C14H22N2O5. The second kappa shape index (κ2) is 7.80. The minimum Gasteiger partial charge on any atom is -0.503 e. The number of hydrogen-bond acceptors (Lipinski definition) is 5. The molecule has 21 heavy (non-hydrogen) atoms. The van der Waals surface area contributed by atoms with Crippen LogP contribution in [0.5, 0.6) is 5.75 Å². The largest absolute Gasteiger partial charge is 0.503 e. The summed E-state index contributed by atoms with van der Waals surface area (Å²) < 4.78 is 1.67. The van der Waals surface area contributed by atoms with E-state index < -0.39 is 11.4 Å². The zero-order chi connectivity index (χ0) is 16.0. The molecule has 0 saturated heterocycles. The van der Waals surface area contributed by atoms with Gasteiger partial charge in [-0.3, -0.25) is 9.59 Å². The molecule has 0 fully saturated rings. The van der Waals surface area contributed by atoms with Gasteiger partial charge < -0.3 is 24.8 Å². The van der Waals surface area contributed by atoms with Crippen LogP contribution in [0.4, 0.5) is 0 Å². The minimum absolute atomic E-state index is 0.00994. The summed E-state index contributed by atoms with van der Waals surface area (Å²) in [4.78, 5) is 24.0. The van der Waals surface area contributed by atoms with Crippen molar-refractivity contribution in [3.63, 3.8) is 0 Å². The highest BCUT2D eigenvalue weighted by molar-refractivity contribution is 5.66. The Kier molecular flexibility index (Phi) is 6.39. The van der Waals surface area contributed by atoms with Gasteiger partial charge in [0.05, 0.1) is 25.3 Å². The molecule has 0 aliphatic heterocycles. The van der Waals surface area contributed by atoms with Crippen molar-refractivity contribution in [2.45, 2.75) is 32.4 Å². The van der Waals surface area contributed by atoms with E-state index in [-0.39, 0.29) is 24.8 Å². The highest BCUT2D eigenvalue weighted by Gasteiger charge is 2.15. The molecule has 1 aromatic heterocycles. The number of aliphatic carboxylic acids is 1. The Morgan fingerprint density at radius 2 is 2.14 bits per heavy atom. The summed E-state index contributed by atoms with van der Waals surface area (Å²) in [7, 11) is 1.75. The molecule has 7 nitrogen and oxygen atoms in total. The van der Waals surface area contributed by atoms with Gasteiger partial charge in [0.2, 0.25) is 5.43 Å². The number of carbonyl (C=O) groups is 1. The Balaban J connectivity index is 3.01. The zero-order valence-electron chi connectivity index (χ0n) is 12.3. The van der Waals surface area contributed by atoms with Crippen LogP contribution in [0.25, 0.3) is 0 Å². The van der Waals surface area contributed by atoms with Gasteiger partial charge in [-0.05, 0) is 13.5 Å². The van der Waals surface area contributed by atoms with E-state index in [9.17, 15) is 19.8 Å². The van der Waals surface area contributed by atoms with Crippen molar-refractivity contribution in [2.75, 3.05) is 20.2 Å². The summed E-state index contributed by atoms with van der Waals surface area (Å²) >= 11 is 0. The normalized spacial score (nSPS) is 12.6. The molecule has 0 aliphatic rings. The van der Waals surface area contributed by atoms with Crippen molar-refractivity contribution in [2.24, 2.45) is 0 Å². The zero-order valence-corrected chi connectivity index (χ0v) is 12.3. The number of carboxylic acids is 1. The van der Waals surface area contributed by atoms with Crippen LogP contribution in [0.3, 0.4) is 0 Å². The Morgan fingerprint density at radius 3 is 2.67 bits per heavy atom. The molecule has 1 heterocycles. The van der Waals surface area contributed by atoms with Gasteiger partial charge in [0.15, 0.2) is 5.75 Å². The molecule has 1 rings (SSSR count). The Bertz CT molecular complexity index is 537. The highest BCUT2D eigenvalue weighted by atomic mass is 16.4. The quantitative estimate of drug-likeness (QED) is 0.642. The fourth-order valence-corrected chi connectivity index (χ4v) is 2.10. The number of pyridine rings is 1. The van der Waals surface area contributed by atoms with Gasteiger partial charge in [-0.15, -0.1) is 0 Å². The van der Waals surface area contributed by atoms with Crippen molar-refractivity contribution >= 4 is 5.97 Å². The van der Waals surface area contributed by atoms with E-state index in [1.54, 1.807) is 16.5 Å². The van der Waals surface area contributed by atoms with Crippen molar-refractivity contribution in [1.82, 2.24) is 9.47 Å². The third-order valence-corrected chi connectivity index (χ3v) is 3.36. The molecule has 0 radical (unpaired) electrons. The van der Waals surface area contributed by atoms with Gasteiger partial charge in [0, 0.05) is 24.8 Å². The molecule has 0 spiro atoms. The first-order valence-corrected chi connectivity index (χ1v) is 6.84. The van der Waals surface area contributed by atoms with Crippen molar-refractivity contribution < 1.29 is 20.1 Å². The smallest absolute Gasteiger partial charge is 0.304 e. The van der Waals surface area contributed by atoms with Crippen LogP contribution in [0.15, 0.2) is 17.1 Å². The lowest BCUT2D eigenvalue weighted by atomic mass is 10.2. The number of hydrogen-bond donors (Lipinski definition) is 3. The third kappa shape index (κ3) is 4.87. The number of rotatable bonds is 8. The standard InChI is InChI=1S/C14H22N2O5/c1-3-10(9-17)16-8-13(19)12(18)6-11(16)7-15(2)5-4-14(20)21/h6,8,10,17,19H,3-5,7,9H2,1-2H3,(H,20,21). The summed E-state index contributed by atoms with van der Waals surface area (Å²) in [5.74, 6) is -1.24. The molecule has 0 aromatic carbocycles. The van der Waals surface area contributed by atoms with Crippen molar-refractivity contribution in [3.05, 3.63) is 28.2 Å². The Morgan fingerprint density at radius 1 is 1.48 bits per heavy atom. The first-order chi connectivity index (χ1) is 9.88. The predicted molar refractivity (Wildman–Crippen MR) is 77.4 cm³/mol. The number of aliphatic hydroxyl groups excluding tert-OH is 1. The van der Waals surface area contributed by atoms with Crippen LogP contribution < -0.4 is 5.43 Å². The van der Waals surface area contributed by atoms with Gasteiger partial charge in [-0.25, -0.2) is 0 Å². The van der Waals surface area contributed by atoms with Crippen LogP contribution in [-0.2, 0) is 11.3 Å². The maximum absolute atomic E-state index is 11.6. The highest BCUT2D eigenvalue weighted by Crippen LogP contribution is 2.17. The van der Waals surface area contributed by atoms with Crippen LogP contribution in [0.1, 0.15) is 31.5 Å². The lowest BCUT2D eigenvalue weighted by Gasteiger charge is -2.24. The van der Waals surface area contributed by atoms with E-state index in [1.165, 1.54) is 12.3 Å². The van der Waals surface area contributed by atoms with Gasteiger partial charge in [0.25, 0.3) is 0 Å². The van der Waals surface area contributed by atoms with E-state index in [1.807, 2.05) is 6.92 Å². The molecular weight excluding hydrogens is 276 g/mol. The average molecular weight is 298 g/mol. The van der Waals surface area contributed by atoms with Crippen LogP contribution in [0.2, 0.25) is 0 Å². The lowest BCUT2D eigenvalue weighted by molar-refractivity contribution is -0.137. The molecule has 118 valence electrons. The molecule has 1 unspecified atom stereocenters. The van der Waals surface area contributed by atoms with Crippen molar-refractivity contribution in [3.8, 4) is 5.75 Å². The third-order valence-electron chi connectivity index (χ3n) is 3.36. The molecule has 7 heteroatoms. The fourth-order valence-electron chi connectivity index (χ4n) is 2.10. The number of aromatic nitrogens is 1. The van der Waals surface area contributed by atoms with E-state index in [0.717, 1.165) is 0 Å². The molecule has 0 amide bonds. The lowest BCUT2D eigenvalue weighted by Crippen LogP contribution is -2.27. The van der Waals surface area contributed by atoms with Gasteiger partial charge >= 0.3 is 5.97 Å². The molecule has 1 atom stereocenters. The molecule has 0 bridgehead atoms. The van der Waals surface area contributed by atoms with E-state index in [4.69, 9.17) is 5.11 Å². The maximum atomic E-state index is 11.6. The Labute approximate surface area is 123 Å².